The fourth-order valence-corrected chi connectivity index (χ4v) is 3.26. The summed E-state index contributed by atoms with van der Waals surface area (Å²) in [5.74, 6) is 0.997. The Hall–Kier alpha value is -2.25. The molecule has 0 radical (unpaired) electrons. The summed E-state index contributed by atoms with van der Waals surface area (Å²) in [5, 5.41) is 9.29. The molecule has 0 heterocycles. The number of benzene rings is 1. The highest BCUT2D eigenvalue weighted by Crippen LogP contribution is 2.35. The van der Waals surface area contributed by atoms with Gasteiger partial charge in [0, 0.05) is 6.42 Å². The third-order valence-corrected chi connectivity index (χ3v) is 4.62. The molecule has 1 N–H and O–H groups in total. The van der Waals surface area contributed by atoms with E-state index >= 15 is 0 Å². The molecular weight excluding hydrogens is 312 g/mol. The SMILES string of the molecule is CC/C=C/[C@H]1CCC[C@@H]1CC=C=CCC(Oc1ccccc1)C(=O)O. The number of hydrogen-bond donors (Lipinski definition) is 1. The summed E-state index contributed by atoms with van der Waals surface area (Å²) in [4.78, 5) is 11.3. The highest BCUT2D eigenvalue weighted by Gasteiger charge is 2.23. The average Bonchev–Trinajstić information content (AvgIpc) is 3.06. The Kier molecular flexibility index (Phi) is 8.08. The van der Waals surface area contributed by atoms with Gasteiger partial charge in [-0.15, -0.1) is 5.73 Å². The molecule has 0 saturated heterocycles. The minimum atomic E-state index is -0.956. The van der Waals surface area contributed by atoms with Gasteiger partial charge in [0.25, 0.3) is 0 Å². The molecule has 1 aromatic carbocycles. The van der Waals surface area contributed by atoms with Crippen molar-refractivity contribution in [1.82, 2.24) is 0 Å². The van der Waals surface area contributed by atoms with Gasteiger partial charge in [0.2, 0.25) is 0 Å². The van der Waals surface area contributed by atoms with E-state index in [4.69, 9.17) is 4.74 Å². The van der Waals surface area contributed by atoms with Crippen LogP contribution >= 0.6 is 0 Å². The molecule has 2 rings (SSSR count). The number of hydrogen-bond acceptors (Lipinski definition) is 2. The van der Waals surface area contributed by atoms with Crippen molar-refractivity contribution in [3.8, 4) is 5.75 Å². The molecule has 134 valence electrons. The zero-order chi connectivity index (χ0) is 17.9. The van der Waals surface area contributed by atoms with Gasteiger partial charge in [0.15, 0.2) is 6.10 Å². The molecule has 1 fully saturated rings. The van der Waals surface area contributed by atoms with E-state index < -0.39 is 12.1 Å². The molecule has 1 saturated carbocycles. The Balaban J connectivity index is 1.84. The van der Waals surface area contributed by atoms with Crippen molar-refractivity contribution in [3.63, 3.8) is 0 Å². The summed E-state index contributed by atoms with van der Waals surface area (Å²) in [6, 6.07) is 9.06. The van der Waals surface area contributed by atoms with Gasteiger partial charge in [-0.05, 0) is 61.8 Å². The lowest BCUT2D eigenvalue weighted by molar-refractivity contribution is -0.144. The maximum atomic E-state index is 11.3. The number of ether oxygens (including phenoxy) is 1. The number of carboxylic acid groups (broad SMARTS) is 1. The molecule has 1 aromatic rings. The standard InChI is InChI=1S/C22H28O3/c1-2-3-11-18-13-10-14-19(18)12-6-4-9-17-21(22(23)24)25-20-15-7-5-8-16-20/h3,5-9,11,15-16,18-19,21H,2,10,12-14,17H2,1H3,(H,23,24)/b11-3+/t4?,18-,19-,21?/m0/s1. The van der Waals surface area contributed by atoms with Gasteiger partial charge < -0.3 is 9.84 Å². The monoisotopic (exact) mass is 340 g/mol. The van der Waals surface area contributed by atoms with Gasteiger partial charge >= 0.3 is 5.97 Å². The lowest BCUT2D eigenvalue weighted by Crippen LogP contribution is -2.26. The first-order valence-corrected chi connectivity index (χ1v) is 9.21. The highest BCUT2D eigenvalue weighted by atomic mass is 16.5. The predicted octanol–water partition coefficient (Wildman–Crippen LogP) is 5.39. The van der Waals surface area contributed by atoms with Gasteiger partial charge in [0.1, 0.15) is 5.75 Å². The molecule has 0 bridgehead atoms. The molecule has 0 aliphatic heterocycles. The van der Waals surface area contributed by atoms with Crippen molar-refractivity contribution in [2.45, 2.75) is 51.6 Å². The maximum Gasteiger partial charge on any atom is 0.345 e. The van der Waals surface area contributed by atoms with Gasteiger partial charge in [-0.25, -0.2) is 4.79 Å². The summed E-state index contributed by atoms with van der Waals surface area (Å²) in [6.45, 7) is 2.17. The smallest absolute Gasteiger partial charge is 0.345 e. The average molecular weight is 340 g/mol. The van der Waals surface area contributed by atoms with E-state index in [2.05, 4.69) is 24.8 Å². The van der Waals surface area contributed by atoms with Crippen LogP contribution in [0.5, 0.6) is 5.75 Å². The number of carboxylic acids is 1. The summed E-state index contributed by atoms with van der Waals surface area (Å²) >= 11 is 0. The van der Waals surface area contributed by atoms with Crippen LogP contribution in [0.2, 0.25) is 0 Å². The zero-order valence-electron chi connectivity index (χ0n) is 14.9. The summed E-state index contributed by atoms with van der Waals surface area (Å²) < 4.78 is 5.52. The lowest BCUT2D eigenvalue weighted by Gasteiger charge is -2.13. The number of carbonyl (C=O) groups is 1. The predicted molar refractivity (Wildman–Crippen MR) is 101 cm³/mol. The van der Waals surface area contributed by atoms with E-state index in [0.717, 1.165) is 12.8 Å². The molecule has 1 aliphatic rings. The van der Waals surface area contributed by atoms with E-state index in [1.165, 1.54) is 19.3 Å². The highest BCUT2D eigenvalue weighted by molar-refractivity contribution is 5.73. The van der Waals surface area contributed by atoms with Gasteiger partial charge in [-0.3, -0.25) is 0 Å². The lowest BCUT2D eigenvalue weighted by atomic mass is 9.92. The number of aliphatic carboxylic acids is 1. The molecule has 0 amide bonds. The van der Waals surface area contributed by atoms with Crippen LogP contribution in [0.25, 0.3) is 0 Å². The summed E-state index contributed by atoms with van der Waals surface area (Å²) in [7, 11) is 0. The normalized spacial score (nSPS) is 20.8. The van der Waals surface area contributed by atoms with Gasteiger partial charge in [-0.1, -0.05) is 43.7 Å². The topological polar surface area (TPSA) is 46.5 Å². The van der Waals surface area contributed by atoms with Crippen molar-refractivity contribution >= 4 is 5.97 Å². The Labute approximate surface area is 150 Å². The third kappa shape index (κ3) is 6.64. The van der Waals surface area contributed by atoms with Gasteiger partial charge in [-0.2, -0.15) is 0 Å². The molecule has 3 nitrogen and oxygen atoms in total. The van der Waals surface area contributed by atoms with Crippen LogP contribution in [0.1, 0.15) is 45.4 Å². The molecule has 0 aromatic heterocycles. The van der Waals surface area contributed by atoms with Crippen molar-refractivity contribution in [2.75, 3.05) is 0 Å². The first kappa shape index (κ1) is 19.1. The molecule has 25 heavy (non-hydrogen) atoms. The van der Waals surface area contributed by atoms with Crippen LogP contribution in [-0.2, 0) is 4.79 Å². The Morgan fingerprint density at radius 2 is 2.12 bits per heavy atom. The van der Waals surface area contributed by atoms with E-state index in [9.17, 15) is 9.90 Å². The Bertz CT molecular complexity index is 611. The fraction of sp³-hybridized carbons (Fsp3) is 0.455. The summed E-state index contributed by atoms with van der Waals surface area (Å²) in [5.41, 5.74) is 3.14. The van der Waals surface area contributed by atoms with Crippen LogP contribution in [0.15, 0.2) is 60.4 Å². The van der Waals surface area contributed by atoms with Crippen molar-refractivity contribution in [3.05, 3.63) is 60.4 Å². The Morgan fingerprint density at radius 3 is 2.84 bits per heavy atom. The second-order valence-electron chi connectivity index (χ2n) is 6.50. The second-order valence-corrected chi connectivity index (χ2v) is 6.50. The van der Waals surface area contributed by atoms with Crippen LogP contribution < -0.4 is 4.74 Å². The summed E-state index contributed by atoms with van der Waals surface area (Å²) in [6.07, 6.45) is 13.8. The molecule has 0 spiro atoms. The second kappa shape index (κ2) is 10.6. The van der Waals surface area contributed by atoms with Crippen LogP contribution in [-0.4, -0.2) is 17.2 Å². The number of allylic oxidation sites excluding steroid dienone is 2. The number of para-hydroxylation sites is 1. The molecule has 3 heteroatoms. The van der Waals surface area contributed by atoms with Crippen LogP contribution in [0.4, 0.5) is 0 Å². The van der Waals surface area contributed by atoms with E-state index in [0.29, 0.717) is 24.0 Å². The molecule has 3 atom stereocenters. The van der Waals surface area contributed by atoms with E-state index in [1.807, 2.05) is 24.3 Å². The minimum absolute atomic E-state index is 0.310. The van der Waals surface area contributed by atoms with Crippen molar-refractivity contribution in [2.24, 2.45) is 11.8 Å². The Morgan fingerprint density at radius 1 is 1.32 bits per heavy atom. The minimum Gasteiger partial charge on any atom is -0.478 e. The first-order chi connectivity index (χ1) is 12.2. The van der Waals surface area contributed by atoms with E-state index in [-0.39, 0.29) is 0 Å². The third-order valence-electron chi connectivity index (χ3n) is 4.62. The largest absolute Gasteiger partial charge is 0.478 e. The van der Waals surface area contributed by atoms with E-state index in [1.54, 1.807) is 18.2 Å². The molecule has 1 unspecified atom stereocenters. The van der Waals surface area contributed by atoms with Gasteiger partial charge in [0.05, 0.1) is 0 Å². The van der Waals surface area contributed by atoms with Crippen LogP contribution in [0, 0.1) is 11.8 Å². The number of rotatable bonds is 9. The fourth-order valence-electron chi connectivity index (χ4n) is 3.26. The van der Waals surface area contributed by atoms with Crippen LogP contribution in [0.3, 0.4) is 0 Å². The van der Waals surface area contributed by atoms with Crippen molar-refractivity contribution < 1.29 is 14.6 Å². The van der Waals surface area contributed by atoms with Crippen molar-refractivity contribution in [1.29, 1.82) is 0 Å². The zero-order valence-corrected chi connectivity index (χ0v) is 14.9. The molecular formula is C22H28O3. The maximum absolute atomic E-state index is 11.3. The quantitative estimate of drug-likeness (QED) is 0.484. The first-order valence-electron chi connectivity index (χ1n) is 9.21. The molecule has 1 aliphatic carbocycles.